The number of hydrogen-bond donors (Lipinski definition) is 1. The summed E-state index contributed by atoms with van der Waals surface area (Å²) in [5.41, 5.74) is 0.263. The Bertz CT molecular complexity index is 313. The van der Waals surface area contributed by atoms with E-state index < -0.39 is 5.60 Å². The van der Waals surface area contributed by atoms with Crippen molar-refractivity contribution in [3.63, 3.8) is 0 Å². The molecule has 0 aliphatic carbocycles. The van der Waals surface area contributed by atoms with Gasteiger partial charge in [-0.1, -0.05) is 0 Å². The lowest BCUT2D eigenvalue weighted by atomic mass is 9.96. The van der Waals surface area contributed by atoms with Crippen molar-refractivity contribution in [2.24, 2.45) is 0 Å². The van der Waals surface area contributed by atoms with Crippen LogP contribution >= 0.6 is 27.3 Å². The molecule has 1 fully saturated rings. The molecule has 5 heteroatoms. The summed E-state index contributed by atoms with van der Waals surface area (Å²) >= 11 is 4.94. The third-order valence-corrected chi connectivity index (χ3v) is 4.40. The molecule has 1 aliphatic rings. The molecular formula is C8H11BrN2OS. The fraction of sp³-hybridized carbons (Fsp3) is 0.625. The van der Waals surface area contributed by atoms with E-state index in [-0.39, 0.29) is 0 Å². The number of β-amino-alcohol motifs (C(OH)–C–C–N with tert-alkyl or cyclic N) is 1. The minimum Gasteiger partial charge on any atom is -0.380 e. The molecule has 0 radical (unpaired) electrons. The standard InChI is InChI=1S/C8H11BrN2OS/c1-5-6(9)13-7(10-5)8(12)3-11(2)4-8/h12H,3-4H2,1-2H3. The molecule has 72 valence electrons. The Kier molecular flexibility index (Phi) is 2.22. The van der Waals surface area contributed by atoms with Gasteiger partial charge in [0.1, 0.15) is 10.6 Å². The third kappa shape index (κ3) is 1.54. The van der Waals surface area contributed by atoms with Gasteiger partial charge in [0.25, 0.3) is 0 Å². The van der Waals surface area contributed by atoms with Gasteiger partial charge in [0, 0.05) is 13.1 Å². The maximum Gasteiger partial charge on any atom is 0.141 e. The lowest BCUT2D eigenvalue weighted by molar-refractivity contribution is -0.0919. The Morgan fingerprint density at radius 1 is 1.62 bits per heavy atom. The summed E-state index contributed by atoms with van der Waals surface area (Å²) in [5, 5.41) is 10.9. The number of aliphatic hydroxyl groups is 1. The van der Waals surface area contributed by atoms with Gasteiger partial charge in [-0.25, -0.2) is 4.98 Å². The van der Waals surface area contributed by atoms with Crippen molar-refractivity contribution in [2.75, 3.05) is 20.1 Å². The summed E-state index contributed by atoms with van der Waals surface area (Å²) in [6.45, 7) is 3.31. The van der Waals surface area contributed by atoms with E-state index in [0.717, 1.165) is 14.5 Å². The minimum absolute atomic E-state index is 0.687. The Morgan fingerprint density at radius 3 is 2.62 bits per heavy atom. The highest BCUT2D eigenvalue weighted by Gasteiger charge is 2.43. The predicted octanol–water partition coefficient (Wildman–Crippen LogP) is 1.35. The highest BCUT2D eigenvalue weighted by Crippen LogP contribution is 2.36. The second-order valence-corrected chi connectivity index (χ2v) is 5.90. The molecule has 1 aliphatic heterocycles. The smallest absolute Gasteiger partial charge is 0.141 e. The van der Waals surface area contributed by atoms with Crippen molar-refractivity contribution in [1.82, 2.24) is 9.88 Å². The van der Waals surface area contributed by atoms with E-state index in [0.29, 0.717) is 13.1 Å². The van der Waals surface area contributed by atoms with Gasteiger partial charge in [-0.05, 0) is 29.9 Å². The van der Waals surface area contributed by atoms with Crippen LogP contribution in [0.3, 0.4) is 0 Å². The first-order valence-corrected chi connectivity index (χ1v) is 5.66. The molecule has 0 amide bonds. The zero-order valence-corrected chi connectivity index (χ0v) is 9.94. The van der Waals surface area contributed by atoms with Gasteiger partial charge in [0.2, 0.25) is 0 Å². The van der Waals surface area contributed by atoms with Gasteiger partial charge < -0.3 is 5.11 Å². The van der Waals surface area contributed by atoms with Crippen LogP contribution < -0.4 is 0 Å². The summed E-state index contributed by atoms with van der Waals surface area (Å²) in [6, 6.07) is 0. The van der Waals surface area contributed by atoms with Crippen molar-refractivity contribution >= 4 is 27.3 Å². The highest BCUT2D eigenvalue weighted by molar-refractivity contribution is 9.11. The maximum atomic E-state index is 10.1. The molecule has 1 aromatic rings. The Hall–Kier alpha value is 0.0300. The number of aromatic nitrogens is 1. The first-order valence-electron chi connectivity index (χ1n) is 4.05. The fourth-order valence-corrected chi connectivity index (χ4v) is 2.97. The molecule has 0 aromatic carbocycles. The van der Waals surface area contributed by atoms with Crippen LogP contribution in [-0.2, 0) is 5.60 Å². The molecule has 1 saturated heterocycles. The van der Waals surface area contributed by atoms with Crippen molar-refractivity contribution in [1.29, 1.82) is 0 Å². The lowest BCUT2D eigenvalue weighted by Gasteiger charge is -2.42. The van der Waals surface area contributed by atoms with Gasteiger partial charge >= 0.3 is 0 Å². The molecule has 0 bridgehead atoms. The molecule has 0 unspecified atom stereocenters. The van der Waals surface area contributed by atoms with E-state index >= 15 is 0 Å². The van der Waals surface area contributed by atoms with Crippen LogP contribution in [0.1, 0.15) is 10.7 Å². The molecule has 13 heavy (non-hydrogen) atoms. The second kappa shape index (κ2) is 3.02. The van der Waals surface area contributed by atoms with E-state index in [4.69, 9.17) is 0 Å². The number of likely N-dealkylation sites (N-methyl/N-ethyl adjacent to an activating group) is 1. The summed E-state index contributed by atoms with van der Waals surface area (Å²) in [7, 11) is 1.99. The van der Waals surface area contributed by atoms with Crippen LogP contribution in [0.15, 0.2) is 3.79 Å². The van der Waals surface area contributed by atoms with E-state index in [9.17, 15) is 5.11 Å². The van der Waals surface area contributed by atoms with Crippen LogP contribution in [0, 0.1) is 6.92 Å². The summed E-state index contributed by atoms with van der Waals surface area (Å²) < 4.78 is 1.02. The van der Waals surface area contributed by atoms with Crippen molar-refractivity contribution in [3.8, 4) is 0 Å². The number of nitrogens with zero attached hydrogens (tertiary/aromatic N) is 2. The van der Waals surface area contributed by atoms with Gasteiger partial charge in [0.15, 0.2) is 0 Å². The second-order valence-electron chi connectivity index (χ2n) is 3.58. The zero-order chi connectivity index (χ0) is 9.64. The fourth-order valence-electron chi connectivity index (χ4n) is 1.56. The van der Waals surface area contributed by atoms with Crippen LogP contribution in [0.25, 0.3) is 0 Å². The molecule has 0 atom stereocenters. The minimum atomic E-state index is -0.698. The highest BCUT2D eigenvalue weighted by atomic mass is 79.9. The molecule has 2 rings (SSSR count). The molecule has 0 saturated carbocycles. The Labute approximate surface area is 89.5 Å². The average Bonchev–Trinajstić information content (AvgIpc) is 2.30. The number of aryl methyl sites for hydroxylation is 1. The molecular weight excluding hydrogens is 252 g/mol. The van der Waals surface area contributed by atoms with Gasteiger partial charge in [-0.15, -0.1) is 11.3 Å². The number of halogens is 1. The number of thiazole rings is 1. The van der Waals surface area contributed by atoms with Crippen LogP contribution in [-0.4, -0.2) is 35.1 Å². The van der Waals surface area contributed by atoms with Gasteiger partial charge in [-0.3, -0.25) is 4.90 Å². The third-order valence-electron chi connectivity index (χ3n) is 2.20. The van der Waals surface area contributed by atoms with Crippen molar-refractivity contribution < 1.29 is 5.11 Å². The Balaban J connectivity index is 2.26. The number of hydrogen-bond acceptors (Lipinski definition) is 4. The number of likely N-dealkylation sites (tertiary alicyclic amines) is 1. The van der Waals surface area contributed by atoms with Crippen molar-refractivity contribution in [3.05, 3.63) is 14.5 Å². The van der Waals surface area contributed by atoms with E-state index in [1.807, 2.05) is 14.0 Å². The van der Waals surface area contributed by atoms with Gasteiger partial charge in [0.05, 0.1) is 9.48 Å². The van der Waals surface area contributed by atoms with Crippen LogP contribution in [0.2, 0.25) is 0 Å². The SMILES string of the molecule is Cc1nc(C2(O)CN(C)C2)sc1Br. The summed E-state index contributed by atoms with van der Waals surface area (Å²) in [6.07, 6.45) is 0. The molecule has 0 spiro atoms. The monoisotopic (exact) mass is 262 g/mol. The Morgan fingerprint density at radius 2 is 2.23 bits per heavy atom. The number of rotatable bonds is 1. The maximum absolute atomic E-state index is 10.1. The average molecular weight is 263 g/mol. The topological polar surface area (TPSA) is 36.4 Å². The lowest BCUT2D eigenvalue weighted by Crippen LogP contribution is -2.57. The van der Waals surface area contributed by atoms with Crippen LogP contribution in [0.5, 0.6) is 0 Å². The van der Waals surface area contributed by atoms with Crippen LogP contribution in [0.4, 0.5) is 0 Å². The van der Waals surface area contributed by atoms with E-state index in [1.54, 1.807) is 0 Å². The first-order chi connectivity index (χ1) is 6.01. The predicted molar refractivity (Wildman–Crippen MR) is 55.9 cm³/mol. The largest absolute Gasteiger partial charge is 0.380 e. The summed E-state index contributed by atoms with van der Waals surface area (Å²) in [4.78, 5) is 6.41. The molecule has 1 aromatic heterocycles. The molecule has 1 N–H and O–H groups in total. The quantitative estimate of drug-likeness (QED) is 0.830. The normalized spacial score (nSPS) is 21.5. The van der Waals surface area contributed by atoms with E-state index in [2.05, 4.69) is 25.8 Å². The zero-order valence-electron chi connectivity index (χ0n) is 7.54. The van der Waals surface area contributed by atoms with Gasteiger partial charge in [-0.2, -0.15) is 0 Å². The van der Waals surface area contributed by atoms with E-state index in [1.165, 1.54) is 11.3 Å². The summed E-state index contributed by atoms with van der Waals surface area (Å²) in [5.74, 6) is 0. The first kappa shape index (κ1) is 9.58. The molecule has 2 heterocycles. The molecule has 3 nitrogen and oxygen atoms in total. The van der Waals surface area contributed by atoms with Crippen molar-refractivity contribution in [2.45, 2.75) is 12.5 Å².